The lowest BCUT2D eigenvalue weighted by Crippen LogP contribution is -1.94. The van der Waals surface area contributed by atoms with Crippen molar-refractivity contribution in [2.24, 2.45) is 5.92 Å². The highest BCUT2D eigenvalue weighted by Crippen LogP contribution is 2.19. The molecule has 2 rings (SSSR count). The van der Waals surface area contributed by atoms with Crippen LogP contribution in [-0.4, -0.2) is 9.97 Å². The minimum Gasteiger partial charge on any atom is -0.236 e. The van der Waals surface area contributed by atoms with E-state index in [4.69, 9.17) is 0 Å². The van der Waals surface area contributed by atoms with Crippen LogP contribution >= 0.6 is 0 Å². The molecular weight excluding hydrogens is 460 g/mol. The summed E-state index contributed by atoms with van der Waals surface area (Å²) in [6, 6.07) is 8.94. The molecule has 2 nitrogen and oxygen atoms in total. The lowest BCUT2D eigenvalue weighted by Gasteiger charge is -2.07. The Kier molecular flexibility index (Phi) is 19.0. The first-order chi connectivity index (χ1) is 18.7. The zero-order chi connectivity index (χ0) is 27.1. The van der Waals surface area contributed by atoms with Crippen LogP contribution in [0, 0.1) is 5.92 Å². The summed E-state index contributed by atoms with van der Waals surface area (Å²) in [5, 5.41) is 0. The van der Waals surface area contributed by atoms with Gasteiger partial charge in [0.2, 0.25) is 0 Å². The topological polar surface area (TPSA) is 25.8 Å². The zero-order valence-corrected chi connectivity index (χ0v) is 25.5. The van der Waals surface area contributed by atoms with E-state index in [-0.39, 0.29) is 0 Å². The average molecular weight is 521 g/mol. The van der Waals surface area contributed by atoms with E-state index in [1.54, 1.807) is 0 Å². The van der Waals surface area contributed by atoms with Gasteiger partial charge in [0, 0.05) is 18.0 Å². The van der Waals surface area contributed by atoms with Gasteiger partial charge >= 0.3 is 0 Å². The molecule has 0 fully saturated rings. The lowest BCUT2D eigenvalue weighted by molar-refractivity contribution is 0.471. The highest BCUT2D eigenvalue weighted by molar-refractivity contribution is 5.55. The Hall–Kier alpha value is -1.70. The monoisotopic (exact) mass is 520 g/mol. The molecule has 1 aromatic heterocycles. The van der Waals surface area contributed by atoms with E-state index in [1.165, 1.54) is 146 Å². The number of nitrogens with zero attached hydrogens (tertiary/aromatic N) is 2. The fourth-order valence-corrected chi connectivity index (χ4v) is 5.36. The Morgan fingerprint density at radius 2 is 0.974 bits per heavy atom. The summed E-state index contributed by atoms with van der Waals surface area (Å²) in [6.07, 6.45) is 34.1. The summed E-state index contributed by atoms with van der Waals surface area (Å²) >= 11 is 0. The third kappa shape index (κ3) is 15.6. The lowest BCUT2D eigenvalue weighted by atomic mass is 9.99. The van der Waals surface area contributed by atoms with Gasteiger partial charge in [-0.3, -0.25) is 0 Å². The van der Waals surface area contributed by atoms with Gasteiger partial charge in [0.15, 0.2) is 5.82 Å². The third-order valence-corrected chi connectivity index (χ3v) is 8.35. The van der Waals surface area contributed by atoms with E-state index in [0.29, 0.717) is 0 Å². The maximum Gasteiger partial charge on any atom is 0.159 e. The first kappa shape index (κ1) is 32.5. The molecule has 1 atom stereocenters. The van der Waals surface area contributed by atoms with Gasteiger partial charge in [-0.1, -0.05) is 161 Å². The number of unbranched alkanes of at least 4 members (excludes halogenated alkanes) is 16. The van der Waals surface area contributed by atoms with Crippen LogP contribution in [0.25, 0.3) is 11.4 Å². The molecule has 0 aliphatic rings. The highest BCUT2D eigenvalue weighted by atomic mass is 14.9. The largest absolute Gasteiger partial charge is 0.236 e. The van der Waals surface area contributed by atoms with Crippen molar-refractivity contribution in [3.63, 3.8) is 0 Å². The molecule has 214 valence electrons. The van der Waals surface area contributed by atoms with Crippen molar-refractivity contribution in [1.29, 1.82) is 0 Å². The Morgan fingerprint density at radius 3 is 1.47 bits per heavy atom. The molecule has 0 saturated heterocycles. The van der Waals surface area contributed by atoms with Crippen molar-refractivity contribution in [2.75, 3.05) is 0 Å². The van der Waals surface area contributed by atoms with E-state index < -0.39 is 0 Å². The number of benzene rings is 1. The van der Waals surface area contributed by atoms with E-state index in [9.17, 15) is 0 Å². The van der Waals surface area contributed by atoms with Crippen molar-refractivity contribution < 1.29 is 0 Å². The number of aromatic nitrogens is 2. The van der Waals surface area contributed by atoms with Gasteiger partial charge in [-0.25, -0.2) is 9.97 Å². The molecule has 0 aliphatic carbocycles. The molecule has 2 aromatic rings. The molecule has 0 amide bonds. The molecule has 0 saturated carbocycles. The van der Waals surface area contributed by atoms with Crippen molar-refractivity contribution in [3.05, 3.63) is 47.8 Å². The standard InChI is InChI=1S/C36H60N2/c1-4-6-7-8-9-10-11-12-13-14-19-22-25-34-30-37-36(38-31-34)35-28-26-33(27-29-35)24-21-18-16-15-17-20-23-32(3)5-2/h26-32H,4-25H2,1-3H3. The second kappa shape index (κ2) is 22.2. The van der Waals surface area contributed by atoms with Crippen molar-refractivity contribution in [2.45, 2.75) is 162 Å². The first-order valence-corrected chi connectivity index (χ1v) is 16.6. The Morgan fingerprint density at radius 1 is 0.526 bits per heavy atom. The molecule has 0 aliphatic heterocycles. The van der Waals surface area contributed by atoms with E-state index in [2.05, 4.69) is 55.0 Å². The van der Waals surface area contributed by atoms with Gasteiger partial charge in [-0.2, -0.15) is 0 Å². The second-order valence-electron chi connectivity index (χ2n) is 11.9. The maximum atomic E-state index is 4.67. The summed E-state index contributed by atoms with van der Waals surface area (Å²) < 4.78 is 0. The average Bonchev–Trinajstić information content (AvgIpc) is 2.95. The molecule has 0 radical (unpaired) electrons. The van der Waals surface area contributed by atoms with Gasteiger partial charge in [-0.05, 0) is 42.7 Å². The molecular formula is C36H60N2. The van der Waals surface area contributed by atoms with Crippen molar-refractivity contribution in [1.82, 2.24) is 9.97 Å². The number of rotatable bonds is 24. The number of hydrogen-bond acceptors (Lipinski definition) is 2. The highest BCUT2D eigenvalue weighted by Gasteiger charge is 2.03. The Labute approximate surface area is 236 Å². The summed E-state index contributed by atoms with van der Waals surface area (Å²) in [5.74, 6) is 1.76. The Balaban J connectivity index is 1.51. The molecule has 0 spiro atoms. The van der Waals surface area contributed by atoms with E-state index in [1.807, 2.05) is 12.4 Å². The van der Waals surface area contributed by atoms with Crippen LogP contribution in [0.2, 0.25) is 0 Å². The van der Waals surface area contributed by atoms with Gasteiger partial charge in [0.25, 0.3) is 0 Å². The third-order valence-electron chi connectivity index (χ3n) is 8.35. The van der Waals surface area contributed by atoms with Crippen LogP contribution in [0.3, 0.4) is 0 Å². The van der Waals surface area contributed by atoms with Crippen molar-refractivity contribution >= 4 is 0 Å². The second-order valence-corrected chi connectivity index (χ2v) is 11.9. The Bertz CT molecular complexity index is 780. The van der Waals surface area contributed by atoms with Gasteiger partial charge in [0.1, 0.15) is 0 Å². The van der Waals surface area contributed by atoms with Crippen LogP contribution in [0.15, 0.2) is 36.7 Å². The van der Waals surface area contributed by atoms with Crippen LogP contribution in [0.5, 0.6) is 0 Å². The molecule has 1 unspecified atom stereocenters. The molecule has 1 aromatic carbocycles. The molecule has 1 heterocycles. The summed E-state index contributed by atoms with van der Waals surface area (Å²) in [4.78, 5) is 9.34. The SMILES string of the molecule is CCCCCCCCCCCCCCc1cnc(-c2ccc(CCCCCCCCC(C)CC)cc2)nc1. The van der Waals surface area contributed by atoms with E-state index >= 15 is 0 Å². The van der Waals surface area contributed by atoms with Gasteiger partial charge < -0.3 is 0 Å². The zero-order valence-electron chi connectivity index (χ0n) is 25.5. The summed E-state index contributed by atoms with van der Waals surface area (Å²) in [5.41, 5.74) is 3.85. The van der Waals surface area contributed by atoms with Gasteiger partial charge in [-0.15, -0.1) is 0 Å². The molecule has 0 bridgehead atoms. The molecule has 2 heteroatoms. The maximum absolute atomic E-state index is 4.67. The van der Waals surface area contributed by atoms with Crippen LogP contribution < -0.4 is 0 Å². The molecule has 38 heavy (non-hydrogen) atoms. The number of aryl methyl sites for hydroxylation is 2. The quantitative estimate of drug-likeness (QED) is 0.129. The van der Waals surface area contributed by atoms with Crippen LogP contribution in [0.1, 0.15) is 160 Å². The number of hydrogen-bond donors (Lipinski definition) is 0. The first-order valence-electron chi connectivity index (χ1n) is 16.6. The van der Waals surface area contributed by atoms with Crippen molar-refractivity contribution in [3.8, 4) is 11.4 Å². The minimum absolute atomic E-state index is 0.854. The van der Waals surface area contributed by atoms with E-state index in [0.717, 1.165) is 23.7 Å². The predicted molar refractivity (Wildman–Crippen MR) is 168 cm³/mol. The normalized spacial score (nSPS) is 12.2. The van der Waals surface area contributed by atoms with Gasteiger partial charge in [0.05, 0.1) is 0 Å². The summed E-state index contributed by atoms with van der Waals surface area (Å²) in [6.45, 7) is 6.98. The summed E-state index contributed by atoms with van der Waals surface area (Å²) in [7, 11) is 0. The minimum atomic E-state index is 0.854. The predicted octanol–water partition coefficient (Wildman–Crippen LogP) is 11.7. The van der Waals surface area contributed by atoms with Crippen LogP contribution in [-0.2, 0) is 12.8 Å². The smallest absolute Gasteiger partial charge is 0.159 e. The fraction of sp³-hybridized carbons (Fsp3) is 0.722. The fourth-order valence-electron chi connectivity index (χ4n) is 5.36. The van der Waals surface area contributed by atoms with Crippen LogP contribution in [0.4, 0.5) is 0 Å². The molecule has 0 N–H and O–H groups in total.